The molecule has 0 fully saturated rings. The minimum absolute atomic E-state index is 0.0349. The van der Waals surface area contributed by atoms with E-state index < -0.39 is 12.3 Å². The Morgan fingerprint density at radius 3 is 2.50 bits per heavy atom. The molecule has 0 aromatic carbocycles. The smallest absolute Gasteiger partial charge is 0.378 e. The third-order valence-electron chi connectivity index (χ3n) is 1.20. The van der Waals surface area contributed by atoms with E-state index in [1.807, 2.05) is 0 Å². The van der Waals surface area contributed by atoms with E-state index in [0.29, 0.717) is 0 Å². The van der Waals surface area contributed by atoms with E-state index in [2.05, 4.69) is 25.9 Å². The van der Waals surface area contributed by atoms with Crippen molar-refractivity contribution in [1.29, 1.82) is 0 Å². The molecule has 0 aliphatic carbocycles. The van der Waals surface area contributed by atoms with Crippen molar-refractivity contribution in [3.05, 3.63) is 16.6 Å². The molecule has 0 aliphatic heterocycles. The van der Waals surface area contributed by atoms with Gasteiger partial charge in [0.2, 0.25) is 0 Å². The van der Waals surface area contributed by atoms with E-state index in [9.17, 15) is 13.2 Å². The van der Waals surface area contributed by atoms with Gasteiger partial charge in [0.05, 0.1) is 12.0 Å². The second-order valence-electron chi connectivity index (χ2n) is 2.05. The molecule has 68 valence electrons. The van der Waals surface area contributed by atoms with Gasteiger partial charge in [-0.2, -0.15) is 13.2 Å². The molecule has 0 saturated heterocycles. The van der Waals surface area contributed by atoms with Gasteiger partial charge in [0.15, 0.2) is 6.10 Å². The highest BCUT2D eigenvalue weighted by Crippen LogP contribution is 2.33. The zero-order valence-corrected chi connectivity index (χ0v) is 7.15. The number of aromatic amines is 1. The molecule has 0 radical (unpaired) electrons. The van der Waals surface area contributed by atoms with Crippen LogP contribution in [-0.4, -0.2) is 21.3 Å². The molecule has 0 aliphatic rings. The molecule has 1 atom stereocenters. The monoisotopic (exact) mass is 244 g/mol. The Morgan fingerprint density at radius 2 is 2.17 bits per heavy atom. The number of alkyl halides is 3. The first-order chi connectivity index (χ1) is 5.43. The largest absolute Gasteiger partial charge is 0.420 e. The number of hydrogen-bond donors (Lipinski definition) is 2. The molecule has 0 amide bonds. The average Bonchev–Trinajstić information content (AvgIpc) is 2.31. The van der Waals surface area contributed by atoms with Crippen LogP contribution in [0.2, 0.25) is 0 Å². The number of aliphatic hydroxyl groups excluding tert-OH is 1. The number of hydrogen-bond acceptors (Lipinski definition) is 2. The van der Waals surface area contributed by atoms with Gasteiger partial charge < -0.3 is 10.1 Å². The van der Waals surface area contributed by atoms with E-state index in [1.54, 1.807) is 0 Å². The maximum Gasteiger partial charge on any atom is 0.420 e. The number of H-pyrrole nitrogens is 1. The van der Waals surface area contributed by atoms with Crippen molar-refractivity contribution in [2.24, 2.45) is 0 Å². The summed E-state index contributed by atoms with van der Waals surface area (Å²) in [7, 11) is 0. The molecule has 1 aromatic rings. The maximum atomic E-state index is 11.9. The zero-order chi connectivity index (χ0) is 9.35. The van der Waals surface area contributed by atoms with Crippen LogP contribution >= 0.6 is 15.9 Å². The highest BCUT2D eigenvalue weighted by atomic mass is 79.9. The zero-order valence-electron chi connectivity index (χ0n) is 5.56. The third kappa shape index (κ3) is 1.78. The number of imidazole rings is 1. The van der Waals surface area contributed by atoms with Crippen LogP contribution in [0, 0.1) is 0 Å². The SMILES string of the molecule is OC(c1[nH]cnc1Br)C(F)(F)F. The van der Waals surface area contributed by atoms with Crippen molar-refractivity contribution in [1.82, 2.24) is 9.97 Å². The summed E-state index contributed by atoms with van der Waals surface area (Å²) < 4.78 is 35.6. The average molecular weight is 245 g/mol. The van der Waals surface area contributed by atoms with Crippen molar-refractivity contribution in [2.75, 3.05) is 0 Å². The number of aromatic nitrogens is 2. The van der Waals surface area contributed by atoms with Crippen molar-refractivity contribution in [3.8, 4) is 0 Å². The molecule has 1 rings (SSSR count). The van der Waals surface area contributed by atoms with Gasteiger partial charge >= 0.3 is 6.18 Å². The van der Waals surface area contributed by atoms with Crippen molar-refractivity contribution >= 4 is 15.9 Å². The Kier molecular flexibility index (Phi) is 2.43. The molecule has 2 N–H and O–H groups in total. The van der Waals surface area contributed by atoms with Gasteiger partial charge in [-0.3, -0.25) is 0 Å². The van der Waals surface area contributed by atoms with Crippen molar-refractivity contribution in [2.45, 2.75) is 12.3 Å². The lowest BCUT2D eigenvalue weighted by Crippen LogP contribution is -2.20. The highest BCUT2D eigenvalue weighted by Gasteiger charge is 2.41. The first-order valence-corrected chi connectivity index (χ1v) is 3.65. The fourth-order valence-corrected chi connectivity index (χ4v) is 1.08. The molecule has 1 heterocycles. The number of rotatable bonds is 1. The van der Waals surface area contributed by atoms with E-state index in [4.69, 9.17) is 5.11 Å². The lowest BCUT2D eigenvalue weighted by Gasteiger charge is -2.12. The van der Waals surface area contributed by atoms with E-state index in [0.717, 1.165) is 6.33 Å². The lowest BCUT2D eigenvalue weighted by atomic mass is 10.3. The summed E-state index contributed by atoms with van der Waals surface area (Å²) in [6, 6.07) is 0. The van der Waals surface area contributed by atoms with E-state index in [1.165, 1.54) is 0 Å². The summed E-state index contributed by atoms with van der Waals surface area (Å²) in [5.74, 6) is 0. The molecule has 1 aromatic heterocycles. The summed E-state index contributed by atoms with van der Waals surface area (Å²) in [6.07, 6.45) is -6.13. The third-order valence-corrected chi connectivity index (χ3v) is 1.84. The molecule has 12 heavy (non-hydrogen) atoms. The Hall–Kier alpha value is -0.560. The van der Waals surface area contributed by atoms with Gasteiger partial charge in [-0.1, -0.05) is 0 Å². The fourth-order valence-electron chi connectivity index (χ4n) is 0.643. The van der Waals surface area contributed by atoms with E-state index in [-0.39, 0.29) is 10.3 Å². The van der Waals surface area contributed by atoms with E-state index >= 15 is 0 Å². The Balaban J connectivity index is 2.92. The van der Waals surface area contributed by atoms with Gasteiger partial charge in [0.25, 0.3) is 0 Å². The molecule has 0 bridgehead atoms. The molecule has 0 spiro atoms. The van der Waals surface area contributed by atoms with Gasteiger partial charge in [0.1, 0.15) is 4.60 Å². The van der Waals surface area contributed by atoms with Gasteiger partial charge in [-0.25, -0.2) is 4.98 Å². The van der Waals surface area contributed by atoms with Gasteiger partial charge in [0, 0.05) is 0 Å². The summed E-state index contributed by atoms with van der Waals surface area (Å²) in [4.78, 5) is 5.64. The second-order valence-corrected chi connectivity index (χ2v) is 2.80. The minimum atomic E-state index is -4.67. The number of halogens is 4. The molecular weight excluding hydrogens is 241 g/mol. The number of aliphatic hydroxyl groups is 1. The summed E-state index contributed by atoms with van der Waals surface area (Å²) in [6.45, 7) is 0. The van der Waals surface area contributed by atoms with Crippen molar-refractivity contribution < 1.29 is 18.3 Å². The second kappa shape index (κ2) is 3.06. The normalized spacial score (nSPS) is 14.8. The first-order valence-electron chi connectivity index (χ1n) is 2.86. The summed E-state index contributed by atoms with van der Waals surface area (Å²) in [5.41, 5.74) is -0.387. The molecule has 1 unspecified atom stereocenters. The summed E-state index contributed by atoms with van der Waals surface area (Å²) >= 11 is 2.76. The molecule has 3 nitrogen and oxygen atoms in total. The van der Waals surface area contributed by atoms with Crippen LogP contribution in [0.3, 0.4) is 0 Å². The van der Waals surface area contributed by atoms with Crippen LogP contribution < -0.4 is 0 Å². The Bertz CT molecular complexity index is 272. The topological polar surface area (TPSA) is 48.9 Å². The fraction of sp³-hybridized carbons (Fsp3) is 0.400. The van der Waals surface area contributed by atoms with Crippen LogP contribution in [0.15, 0.2) is 10.9 Å². The number of nitrogens with one attached hydrogen (secondary N) is 1. The predicted octanol–water partition coefficient (Wildman–Crippen LogP) is 1.77. The van der Waals surface area contributed by atoms with Crippen LogP contribution in [0.5, 0.6) is 0 Å². The van der Waals surface area contributed by atoms with Gasteiger partial charge in [-0.15, -0.1) is 0 Å². The van der Waals surface area contributed by atoms with Crippen LogP contribution in [0.1, 0.15) is 11.8 Å². The van der Waals surface area contributed by atoms with Crippen molar-refractivity contribution in [3.63, 3.8) is 0 Å². The van der Waals surface area contributed by atoms with Crippen LogP contribution in [0.25, 0.3) is 0 Å². The van der Waals surface area contributed by atoms with Crippen LogP contribution in [-0.2, 0) is 0 Å². The van der Waals surface area contributed by atoms with Crippen LogP contribution in [0.4, 0.5) is 13.2 Å². The summed E-state index contributed by atoms with van der Waals surface area (Å²) in [5, 5.41) is 8.70. The first kappa shape index (κ1) is 9.53. The molecule has 7 heteroatoms. The quantitative estimate of drug-likeness (QED) is 0.791. The molecular formula is C5H4BrF3N2O. The lowest BCUT2D eigenvalue weighted by molar-refractivity contribution is -0.208. The van der Waals surface area contributed by atoms with Gasteiger partial charge in [-0.05, 0) is 15.9 Å². The highest BCUT2D eigenvalue weighted by molar-refractivity contribution is 9.10. The minimum Gasteiger partial charge on any atom is -0.378 e. The predicted molar refractivity (Wildman–Crippen MR) is 37.3 cm³/mol. The Morgan fingerprint density at radius 1 is 1.58 bits per heavy atom. The molecule has 0 saturated carbocycles. The number of nitrogens with zero attached hydrogens (tertiary/aromatic N) is 1. The standard InChI is InChI=1S/C5H4BrF3N2O/c6-4-2(10-1-11-4)3(12)5(7,8)9/h1,3,12H,(H,10,11). The maximum absolute atomic E-state index is 11.9. The Labute approximate surface area is 73.7 Å².